The molecule has 0 unspecified atom stereocenters. The number of rotatable bonds is 12. The summed E-state index contributed by atoms with van der Waals surface area (Å²) < 4.78 is 0. The number of aliphatic carboxylic acids is 3. The van der Waals surface area contributed by atoms with Gasteiger partial charge in [-0.05, 0) is 59.8 Å². The van der Waals surface area contributed by atoms with E-state index in [9.17, 15) is 29.5 Å². The predicted octanol–water partition coefficient (Wildman–Crippen LogP) is 0.812. The number of hydroxylamine groups is 2. The van der Waals surface area contributed by atoms with E-state index in [0.717, 1.165) is 9.96 Å². The lowest BCUT2D eigenvalue weighted by molar-refractivity contribution is -0.292. The van der Waals surface area contributed by atoms with Crippen molar-refractivity contribution < 1.29 is 39.7 Å². The second kappa shape index (κ2) is 10.9. The van der Waals surface area contributed by atoms with Gasteiger partial charge in [-0.1, -0.05) is 0 Å². The molecule has 11 nitrogen and oxygen atoms in total. The van der Waals surface area contributed by atoms with Gasteiger partial charge in [0.05, 0.1) is 13.1 Å². The van der Waals surface area contributed by atoms with Gasteiger partial charge >= 0.3 is 17.9 Å². The van der Waals surface area contributed by atoms with Crippen LogP contribution < -0.4 is 5.32 Å². The van der Waals surface area contributed by atoms with Crippen molar-refractivity contribution in [2.75, 3.05) is 19.6 Å². The molecule has 0 aromatic heterocycles. The molecule has 31 heavy (non-hydrogen) atoms. The van der Waals surface area contributed by atoms with Crippen LogP contribution in [0.5, 0.6) is 0 Å². The van der Waals surface area contributed by atoms with Crippen molar-refractivity contribution in [1.82, 2.24) is 15.3 Å². The maximum absolute atomic E-state index is 12.6. The van der Waals surface area contributed by atoms with E-state index in [-0.39, 0.29) is 18.2 Å². The Morgan fingerprint density at radius 3 is 1.87 bits per heavy atom. The molecule has 4 N–H and O–H groups in total. The summed E-state index contributed by atoms with van der Waals surface area (Å²) in [4.78, 5) is 46.8. The van der Waals surface area contributed by atoms with Crippen molar-refractivity contribution >= 4 is 23.8 Å². The van der Waals surface area contributed by atoms with Crippen molar-refractivity contribution in [2.45, 2.75) is 76.9 Å². The molecule has 1 aliphatic heterocycles. The Bertz CT molecular complexity index is 645. The van der Waals surface area contributed by atoms with Crippen molar-refractivity contribution in [1.29, 1.82) is 0 Å². The summed E-state index contributed by atoms with van der Waals surface area (Å²) in [6, 6.07) is -1.24. The maximum atomic E-state index is 12.6. The lowest BCUT2D eigenvalue weighted by Gasteiger charge is -2.49. The van der Waals surface area contributed by atoms with Crippen LogP contribution in [-0.2, 0) is 24.4 Å². The van der Waals surface area contributed by atoms with E-state index in [1.807, 2.05) is 27.7 Å². The van der Waals surface area contributed by atoms with E-state index in [0.29, 0.717) is 32.2 Å². The van der Waals surface area contributed by atoms with E-state index in [4.69, 9.17) is 10.2 Å². The zero-order valence-electron chi connectivity index (χ0n) is 18.6. The van der Waals surface area contributed by atoms with E-state index < -0.39 is 48.1 Å². The summed E-state index contributed by atoms with van der Waals surface area (Å²) >= 11 is 0. The molecule has 1 amide bonds. The number of unbranched alkanes of at least 4 members (excludes halogenated alkanes) is 1. The monoisotopic (exact) mass is 444 g/mol. The fraction of sp³-hybridized carbons (Fsp3) is 0.800. The van der Waals surface area contributed by atoms with Crippen LogP contribution >= 0.6 is 0 Å². The van der Waals surface area contributed by atoms with Gasteiger partial charge in [-0.3, -0.25) is 24.1 Å². The third kappa shape index (κ3) is 8.08. The summed E-state index contributed by atoms with van der Waals surface area (Å²) in [5.74, 6) is -4.36. The first kappa shape index (κ1) is 26.8. The van der Waals surface area contributed by atoms with Crippen LogP contribution in [0.1, 0.15) is 59.8 Å². The van der Waals surface area contributed by atoms with E-state index >= 15 is 0 Å². The average molecular weight is 445 g/mol. The van der Waals surface area contributed by atoms with Crippen molar-refractivity contribution in [3.05, 3.63) is 0 Å². The summed E-state index contributed by atoms with van der Waals surface area (Å²) in [6.07, 6.45) is 1.75. The molecule has 0 bridgehead atoms. The minimum Gasteiger partial charge on any atom is -0.480 e. The first-order valence-electron chi connectivity index (χ1n) is 10.3. The number of hydrogen-bond donors (Lipinski definition) is 4. The molecule has 1 saturated heterocycles. The Labute approximate surface area is 182 Å². The van der Waals surface area contributed by atoms with Gasteiger partial charge in [0.15, 0.2) is 0 Å². The minimum atomic E-state index is -1.31. The quantitative estimate of drug-likeness (QED) is 0.318. The number of nitrogens with one attached hydrogen (secondary N) is 1. The molecule has 0 aromatic rings. The second-order valence-electron chi connectivity index (χ2n) is 9.36. The number of piperidine rings is 1. The predicted molar refractivity (Wildman–Crippen MR) is 109 cm³/mol. The van der Waals surface area contributed by atoms with Crippen LogP contribution in [0.15, 0.2) is 0 Å². The Morgan fingerprint density at radius 1 is 0.968 bits per heavy atom. The molecular weight excluding hydrogens is 410 g/mol. The molecule has 11 heteroatoms. The molecule has 0 spiro atoms. The van der Waals surface area contributed by atoms with Crippen LogP contribution in [0.4, 0.5) is 0 Å². The normalized spacial score (nSPS) is 19.7. The number of nitrogens with zero attached hydrogens (tertiary/aromatic N) is 2. The van der Waals surface area contributed by atoms with Gasteiger partial charge in [-0.25, -0.2) is 0 Å². The molecule has 1 heterocycles. The third-order valence-electron chi connectivity index (χ3n) is 5.57. The summed E-state index contributed by atoms with van der Waals surface area (Å²) in [6.45, 7) is 6.18. The Morgan fingerprint density at radius 2 is 1.45 bits per heavy atom. The van der Waals surface area contributed by atoms with Crippen LogP contribution in [0.2, 0.25) is 0 Å². The van der Waals surface area contributed by atoms with Crippen LogP contribution in [0.25, 0.3) is 0 Å². The lowest BCUT2D eigenvalue weighted by Crippen LogP contribution is -2.60. The highest BCUT2D eigenvalue weighted by molar-refractivity contribution is 5.79. The molecule has 1 aliphatic rings. The number of carboxylic acids is 3. The Kier molecular flexibility index (Phi) is 9.40. The molecule has 1 rings (SSSR count). The van der Waals surface area contributed by atoms with Gasteiger partial charge in [-0.2, -0.15) is 0 Å². The molecule has 1 radical (unpaired) electrons. The fourth-order valence-corrected chi connectivity index (χ4v) is 4.35. The minimum absolute atomic E-state index is 0.0559. The third-order valence-corrected chi connectivity index (χ3v) is 5.57. The van der Waals surface area contributed by atoms with E-state index in [1.165, 1.54) is 0 Å². The molecule has 0 aliphatic carbocycles. The van der Waals surface area contributed by atoms with Gasteiger partial charge in [0.25, 0.3) is 0 Å². The maximum Gasteiger partial charge on any atom is 0.320 e. The lowest BCUT2D eigenvalue weighted by atomic mass is 9.75. The largest absolute Gasteiger partial charge is 0.480 e. The van der Waals surface area contributed by atoms with Gasteiger partial charge in [0.1, 0.15) is 6.04 Å². The smallest absolute Gasteiger partial charge is 0.320 e. The van der Waals surface area contributed by atoms with Gasteiger partial charge in [0, 0.05) is 23.5 Å². The molecular formula is C20H34N3O8. The van der Waals surface area contributed by atoms with E-state index in [2.05, 4.69) is 5.32 Å². The summed E-state index contributed by atoms with van der Waals surface area (Å²) in [5, 5.41) is 43.5. The van der Waals surface area contributed by atoms with Gasteiger partial charge < -0.3 is 20.6 Å². The topological polar surface area (TPSA) is 167 Å². The first-order valence-corrected chi connectivity index (χ1v) is 10.3. The molecule has 177 valence electrons. The highest BCUT2D eigenvalue weighted by Crippen LogP contribution is 2.40. The highest BCUT2D eigenvalue weighted by Gasteiger charge is 2.47. The number of hydrogen-bond acceptors (Lipinski definition) is 6. The SMILES string of the molecule is CC1(C)CC(C(=O)NCCCC[C@@H](C(=O)O)N(CC(=O)O)CC(=O)O)CC(C)(C)N1[O]. The molecule has 1 atom stereocenters. The average Bonchev–Trinajstić information content (AvgIpc) is 2.60. The van der Waals surface area contributed by atoms with Crippen LogP contribution in [0, 0.1) is 5.92 Å². The van der Waals surface area contributed by atoms with Gasteiger partial charge in [0.2, 0.25) is 5.91 Å². The number of carboxylic acid groups (broad SMARTS) is 3. The van der Waals surface area contributed by atoms with Crippen LogP contribution in [-0.4, -0.2) is 85.9 Å². The summed E-state index contributed by atoms with van der Waals surface area (Å²) in [7, 11) is 0. The van der Waals surface area contributed by atoms with Crippen LogP contribution in [0.3, 0.4) is 0 Å². The van der Waals surface area contributed by atoms with Crippen molar-refractivity contribution in [3.63, 3.8) is 0 Å². The zero-order chi connectivity index (χ0) is 24.0. The molecule has 0 saturated carbocycles. The Balaban J connectivity index is 2.55. The number of amides is 1. The standard InChI is InChI=1S/C20H34N3O8/c1-19(2)9-13(10-20(3,4)23(19)31)17(28)21-8-6-5-7-14(18(29)30)22(11-15(24)25)12-16(26)27/h13-14H,5-12H2,1-4H3,(H,21,28)(H,24,25)(H,26,27)(H,29,30)/t14-/m0/s1. The molecule has 1 fully saturated rings. The van der Waals surface area contributed by atoms with E-state index in [1.54, 1.807) is 0 Å². The fourth-order valence-electron chi connectivity index (χ4n) is 4.35. The zero-order valence-corrected chi connectivity index (χ0v) is 18.6. The first-order chi connectivity index (χ1) is 14.2. The summed E-state index contributed by atoms with van der Waals surface area (Å²) in [5.41, 5.74) is -1.31. The number of carbonyl (C=O) groups is 4. The Hall–Kier alpha value is -2.24. The second-order valence-corrected chi connectivity index (χ2v) is 9.36. The van der Waals surface area contributed by atoms with Crippen molar-refractivity contribution in [2.24, 2.45) is 5.92 Å². The molecule has 0 aromatic carbocycles. The van der Waals surface area contributed by atoms with Crippen molar-refractivity contribution in [3.8, 4) is 0 Å². The van der Waals surface area contributed by atoms with Gasteiger partial charge in [-0.15, -0.1) is 10.3 Å². The highest BCUT2D eigenvalue weighted by atomic mass is 16.5. The number of carbonyl (C=O) groups excluding carboxylic acids is 1.